The van der Waals surface area contributed by atoms with Crippen LogP contribution in [-0.2, 0) is 4.79 Å². The number of amides is 1. The molecule has 1 heterocycles. The Morgan fingerprint density at radius 1 is 1.31 bits per heavy atom. The minimum atomic E-state index is -0.828. The van der Waals surface area contributed by atoms with Gasteiger partial charge < -0.3 is 15.3 Å². The van der Waals surface area contributed by atoms with Gasteiger partial charge in [-0.2, -0.15) is 0 Å². The predicted molar refractivity (Wildman–Crippen MR) is 64.1 cm³/mol. The van der Waals surface area contributed by atoms with E-state index in [1.807, 2.05) is 20.8 Å². The Morgan fingerprint density at radius 3 is 2.25 bits per heavy atom. The average Bonchev–Trinajstić information content (AvgIpc) is 2.27. The van der Waals surface area contributed by atoms with Crippen LogP contribution in [0, 0.1) is 5.92 Å². The Morgan fingerprint density at radius 2 is 1.81 bits per heavy atom. The third-order valence-corrected chi connectivity index (χ3v) is 3.77. The van der Waals surface area contributed by atoms with E-state index >= 15 is 0 Å². The van der Waals surface area contributed by atoms with Gasteiger partial charge in [-0.25, -0.2) is 0 Å². The first-order chi connectivity index (χ1) is 7.38. The van der Waals surface area contributed by atoms with E-state index in [4.69, 9.17) is 0 Å². The van der Waals surface area contributed by atoms with Gasteiger partial charge in [0.05, 0.1) is 11.5 Å². The maximum atomic E-state index is 12.1. The first-order valence-electron chi connectivity index (χ1n) is 6.08. The standard InChI is InChI=1S/C12H24N2O2/c1-9(2)14(4)11(15)10(3)12(16)5-7-13-8-6-12/h9-10,13,16H,5-8H2,1-4H3. The molecule has 0 spiro atoms. The van der Waals surface area contributed by atoms with Crippen molar-refractivity contribution in [2.45, 2.75) is 45.3 Å². The Balaban J connectivity index is 2.68. The molecule has 94 valence electrons. The maximum absolute atomic E-state index is 12.1. The summed E-state index contributed by atoms with van der Waals surface area (Å²) in [6.07, 6.45) is 1.32. The monoisotopic (exact) mass is 228 g/mol. The molecule has 0 aromatic rings. The van der Waals surface area contributed by atoms with Crippen molar-refractivity contribution in [3.05, 3.63) is 0 Å². The topological polar surface area (TPSA) is 52.6 Å². The zero-order valence-electron chi connectivity index (χ0n) is 10.8. The molecule has 0 saturated carbocycles. The van der Waals surface area contributed by atoms with Crippen molar-refractivity contribution in [1.29, 1.82) is 0 Å². The van der Waals surface area contributed by atoms with Gasteiger partial charge in [0.15, 0.2) is 0 Å². The Bertz CT molecular complexity index is 247. The summed E-state index contributed by atoms with van der Waals surface area (Å²) in [6.45, 7) is 7.39. The zero-order valence-corrected chi connectivity index (χ0v) is 10.8. The fraction of sp³-hybridized carbons (Fsp3) is 0.917. The van der Waals surface area contributed by atoms with Crippen molar-refractivity contribution >= 4 is 5.91 Å². The number of piperidine rings is 1. The van der Waals surface area contributed by atoms with E-state index in [1.165, 1.54) is 0 Å². The van der Waals surface area contributed by atoms with Crippen LogP contribution >= 0.6 is 0 Å². The molecule has 1 aliphatic rings. The fourth-order valence-electron chi connectivity index (χ4n) is 2.08. The van der Waals surface area contributed by atoms with E-state index in [1.54, 1.807) is 11.9 Å². The molecule has 16 heavy (non-hydrogen) atoms. The molecule has 0 bridgehead atoms. The van der Waals surface area contributed by atoms with Crippen LogP contribution in [0.25, 0.3) is 0 Å². The van der Waals surface area contributed by atoms with Crippen LogP contribution in [0.3, 0.4) is 0 Å². The summed E-state index contributed by atoms with van der Waals surface area (Å²) in [6, 6.07) is 0.181. The molecule has 1 aliphatic heterocycles. The van der Waals surface area contributed by atoms with Crippen molar-refractivity contribution in [2.24, 2.45) is 5.92 Å². The van der Waals surface area contributed by atoms with Crippen LogP contribution in [0.15, 0.2) is 0 Å². The minimum Gasteiger partial charge on any atom is -0.389 e. The highest BCUT2D eigenvalue weighted by atomic mass is 16.3. The van der Waals surface area contributed by atoms with Crippen molar-refractivity contribution in [3.63, 3.8) is 0 Å². The van der Waals surface area contributed by atoms with Crippen molar-refractivity contribution in [3.8, 4) is 0 Å². The van der Waals surface area contributed by atoms with E-state index in [0.717, 1.165) is 13.1 Å². The molecule has 2 N–H and O–H groups in total. The largest absolute Gasteiger partial charge is 0.389 e. The molecule has 0 aromatic heterocycles. The molecule has 1 fully saturated rings. The second-order valence-corrected chi connectivity index (χ2v) is 5.12. The summed E-state index contributed by atoms with van der Waals surface area (Å²) in [5, 5.41) is 13.7. The van der Waals surface area contributed by atoms with Crippen LogP contribution in [0.2, 0.25) is 0 Å². The molecule has 1 rings (SSSR count). The van der Waals surface area contributed by atoms with Crippen LogP contribution in [0.1, 0.15) is 33.6 Å². The van der Waals surface area contributed by atoms with Crippen LogP contribution < -0.4 is 5.32 Å². The fourth-order valence-corrected chi connectivity index (χ4v) is 2.08. The Hall–Kier alpha value is -0.610. The normalized spacial score (nSPS) is 21.9. The third kappa shape index (κ3) is 2.74. The van der Waals surface area contributed by atoms with Crippen LogP contribution in [0.4, 0.5) is 0 Å². The van der Waals surface area contributed by atoms with Crippen molar-refractivity contribution < 1.29 is 9.90 Å². The van der Waals surface area contributed by atoms with E-state index in [2.05, 4.69) is 5.32 Å². The number of rotatable bonds is 3. The smallest absolute Gasteiger partial charge is 0.228 e. The highest BCUT2D eigenvalue weighted by Crippen LogP contribution is 2.28. The summed E-state index contributed by atoms with van der Waals surface area (Å²) in [5.41, 5.74) is -0.828. The number of carbonyl (C=O) groups is 1. The minimum absolute atomic E-state index is 0.0411. The van der Waals surface area contributed by atoms with E-state index in [-0.39, 0.29) is 17.9 Å². The lowest BCUT2D eigenvalue weighted by molar-refractivity contribution is -0.146. The molecule has 1 amide bonds. The molecule has 0 aromatic carbocycles. The van der Waals surface area contributed by atoms with Gasteiger partial charge >= 0.3 is 0 Å². The lowest BCUT2D eigenvalue weighted by atomic mass is 9.80. The first-order valence-corrected chi connectivity index (χ1v) is 6.08. The lowest BCUT2D eigenvalue weighted by Crippen LogP contribution is -2.52. The van der Waals surface area contributed by atoms with Gasteiger partial charge in [0.25, 0.3) is 0 Å². The Labute approximate surface area is 98.0 Å². The second kappa shape index (κ2) is 5.15. The van der Waals surface area contributed by atoms with Crippen molar-refractivity contribution in [1.82, 2.24) is 10.2 Å². The van der Waals surface area contributed by atoms with E-state index < -0.39 is 5.60 Å². The summed E-state index contributed by atoms with van der Waals surface area (Å²) in [4.78, 5) is 13.8. The summed E-state index contributed by atoms with van der Waals surface area (Å²) in [5.74, 6) is -0.276. The molecular weight excluding hydrogens is 204 g/mol. The van der Waals surface area contributed by atoms with Gasteiger partial charge in [-0.3, -0.25) is 4.79 Å². The van der Waals surface area contributed by atoms with Gasteiger partial charge in [0.2, 0.25) is 5.91 Å². The van der Waals surface area contributed by atoms with Gasteiger partial charge in [-0.1, -0.05) is 6.92 Å². The first kappa shape index (κ1) is 13.5. The highest BCUT2D eigenvalue weighted by molar-refractivity contribution is 5.79. The summed E-state index contributed by atoms with van der Waals surface area (Å²) in [7, 11) is 1.80. The molecule has 1 atom stereocenters. The van der Waals surface area contributed by atoms with E-state index in [0.29, 0.717) is 12.8 Å². The van der Waals surface area contributed by atoms with Gasteiger partial charge in [0.1, 0.15) is 0 Å². The van der Waals surface area contributed by atoms with Crippen LogP contribution in [0.5, 0.6) is 0 Å². The third-order valence-electron chi connectivity index (χ3n) is 3.77. The molecular formula is C12H24N2O2. The SMILES string of the molecule is CC(C)N(C)C(=O)C(C)C1(O)CCNCC1. The summed E-state index contributed by atoms with van der Waals surface area (Å²) < 4.78 is 0. The second-order valence-electron chi connectivity index (χ2n) is 5.12. The highest BCUT2D eigenvalue weighted by Gasteiger charge is 2.40. The molecule has 1 saturated heterocycles. The molecule has 1 unspecified atom stereocenters. The van der Waals surface area contributed by atoms with E-state index in [9.17, 15) is 9.90 Å². The van der Waals surface area contributed by atoms with Gasteiger partial charge in [-0.05, 0) is 39.8 Å². The average molecular weight is 228 g/mol. The number of carbonyl (C=O) groups excluding carboxylic acids is 1. The maximum Gasteiger partial charge on any atom is 0.228 e. The molecule has 0 aliphatic carbocycles. The van der Waals surface area contributed by atoms with Crippen LogP contribution in [-0.4, -0.2) is 47.7 Å². The number of nitrogens with one attached hydrogen (secondary N) is 1. The number of hydrogen-bond acceptors (Lipinski definition) is 3. The van der Waals surface area contributed by atoms with Crippen molar-refractivity contribution in [2.75, 3.05) is 20.1 Å². The molecule has 4 heteroatoms. The number of aliphatic hydroxyl groups is 1. The molecule has 0 radical (unpaired) electrons. The number of hydrogen-bond donors (Lipinski definition) is 2. The predicted octanol–water partition coefficient (Wildman–Crippen LogP) is 0.604. The van der Waals surface area contributed by atoms with Gasteiger partial charge in [0, 0.05) is 13.1 Å². The zero-order chi connectivity index (χ0) is 12.3. The quantitative estimate of drug-likeness (QED) is 0.744. The van der Waals surface area contributed by atoms with Gasteiger partial charge in [-0.15, -0.1) is 0 Å². The lowest BCUT2D eigenvalue weighted by Gasteiger charge is -2.39. The number of nitrogens with zero attached hydrogens (tertiary/aromatic N) is 1. The Kier molecular flexibility index (Phi) is 4.33. The molecule has 4 nitrogen and oxygen atoms in total. The summed E-state index contributed by atoms with van der Waals surface area (Å²) >= 11 is 0.